The second-order valence-corrected chi connectivity index (χ2v) is 5.87. The summed E-state index contributed by atoms with van der Waals surface area (Å²) in [5.41, 5.74) is 0.587. The number of carbonyl (C=O) groups is 2. The van der Waals surface area contributed by atoms with Gasteiger partial charge < -0.3 is 9.84 Å². The van der Waals surface area contributed by atoms with Crippen LogP contribution in [0.25, 0.3) is 0 Å². The largest absolute Gasteiger partial charge is 0.478 e. The van der Waals surface area contributed by atoms with E-state index in [1.165, 1.54) is 17.0 Å². The van der Waals surface area contributed by atoms with Crippen molar-refractivity contribution in [3.05, 3.63) is 54.4 Å². The van der Waals surface area contributed by atoms with Gasteiger partial charge in [-0.15, -0.1) is 0 Å². The van der Waals surface area contributed by atoms with Gasteiger partial charge in [-0.3, -0.25) is 4.98 Å². The molecule has 0 spiro atoms. The number of aromatic carboxylic acids is 1. The summed E-state index contributed by atoms with van der Waals surface area (Å²) in [7, 11) is 0. The first-order valence-corrected chi connectivity index (χ1v) is 7.04. The molecule has 0 atom stereocenters. The van der Waals surface area contributed by atoms with E-state index in [4.69, 9.17) is 9.84 Å². The molecule has 1 aromatic heterocycles. The van der Waals surface area contributed by atoms with Crippen molar-refractivity contribution in [1.82, 2.24) is 4.98 Å². The van der Waals surface area contributed by atoms with Gasteiger partial charge in [0.05, 0.1) is 16.9 Å². The van der Waals surface area contributed by atoms with Crippen molar-refractivity contribution in [3.63, 3.8) is 0 Å². The van der Waals surface area contributed by atoms with Gasteiger partial charge in [-0.2, -0.15) is 0 Å². The number of carboxylic acid groups (broad SMARTS) is 1. The number of anilines is 2. The van der Waals surface area contributed by atoms with Crippen LogP contribution in [0.15, 0.2) is 48.8 Å². The van der Waals surface area contributed by atoms with E-state index in [1.54, 1.807) is 57.4 Å². The van der Waals surface area contributed by atoms with Crippen molar-refractivity contribution in [2.24, 2.45) is 0 Å². The van der Waals surface area contributed by atoms with Gasteiger partial charge in [0.1, 0.15) is 5.60 Å². The number of amides is 1. The standard InChI is InChI=1S/C17H18N2O4/c1-17(2,3)23-16(22)19(14-8-10-18-11-9-14)13-6-4-12(5-7-13)15(20)21/h4-11H,1-3H3,(H,20,21). The molecule has 1 amide bonds. The third-order valence-electron chi connectivity index (χ3n) is 2.87. The third kappa shape index (κ3) is 4.29. The summed E-state index contributed by atoms with van der Waals surface area (Å²) in [6, 6.07) is 9.36. The Kier molecular flexibility index (Phi) is 4.64. The number of aromatic nitrogens is 1. The molecule has 0 aliphatic heterocycles. The highest BCUT2D eigenvalue weighted by molar-refractivity contribution is 5.97. The van der Waals surface area contributed by atoms with E-state index in [0.717, 1.165) is 0 Å². The van der Waals surface area contributed by atoms with Crippen LogP contribution < -0.4 is 4.90 Å². The van der Waals surface area contributed by atoms with Crippen LogP contribution in [0, 0.1) is 0 Å². The van der Waals surface area contributed by atoms with Crippen LogP contribution in [0.1, 0.15) is 31.1 Å². The van der Waals surface area contributed by atoms with Crippen LogP contribution in [0.4, 0.5) is 16.2 Å². The molecular weight excluding hydrogens is 296 g/mol. The van der Waals surface area contributed by atoms with E-state index in [9.17, 15) is 9.59 Å². The maximum Gasteiger partial charge on any atom is 0.419 e. The maximum atomic E-state index is 12.5. The molecule has 0 unspecified atom stereocenters. The highest BCUT2D eigenvalue weighted by Crippen LogP contribution is 2.27. The molecule has 0 saturated heterocycles. The minimum absolute atomic E-state index is 0.146. The fourth-order valence-electron chi connectivity index (χ4n) is 1.91. The zero-order valence-electron chi connectivity index (χ0n) is 13.2. The number of hydrogen-bond donors (Lipinski definition) is 1. The van der Waals surface area contributed by atoms with Crippen molar-refractivity contribution >= 4 is 23.4 Å². The van der Waals surface area contributed by atoms with Crippen molar-refractivity contribution in [2.45, 2.75) is 26.4 Å². The summed E-state index contributed by atoms with van der Waals surface area (Å²) in [5.74, 6) is -1.02. The van der Waals surface area contributed by atoms with Crippen molar-refractivity contribution in [2.75, 3.05) is 4.90 Å². The molecule has 120 valence electrons. The quantitative estimate of drug-likeness (QED) is 0.930. The zero-order valence-corrected chi connectivity index (χ0v) is 13.2. The molecule has 0 saturated carbocycles. The van der Waals surface area contributed by atoms with Crippen LogP contribution >= 0.6 is 0 Å². The smallest absolute Gasteiger partial charge is 0.419 e. The van der Waals surface area contributed by atoms with Crippen LogP contribution in [0.3, 0.4) is 0 Å². The second-order valence-electron chi connectivity index (χ2n) is 5.87. The average Bonchev–Trinajstić information content (AvgIpc) is 2.47. The highest BCUT2D eigenvalue weighted by atomic mass is 16.6. The Balaban J connectivity index is 2.41. The van der Waals surface area contributed by atoms with Crippen LogP contribution in [-0.2, 0) is 4.74 Å². The average molecular weight is 314 g/mol. The first kappa shape index (κ1) is 16.5. The summed E-state index contributed by atoms with van der Waals surface area (Å²) in [5, 5.41) is 8.98. The lowest BCUT2D eigenvalue weighted by atomic mass is 10.2. The Hall–Kier alpha value is -2.89. The van der Waals surface area contributed by atoms with Crippen LogP contribution in [0.2, 0.25) is 0 Å². The Morgan fingerprint density at radius 1 is 1.00 bits per heavy atom. The summed E-state index contributed by atoms with van der Waals surface area (Å²) >= 11 is 0. The Morgan fingerprint density at radius 3 is 2.00 bits per heavy atom. The molecule has 1 aromatic carbocycles. The topological polar surface area (TPSA) is 79.7 Å². The number of carboxylic acids is 1. The van der Waals surface area contributed by atoms with Gasteiger partial charge in [-0.25, -0.2) is 14.5 Å². The van der Waals surface area contributed by atoms with Crippen molar-refractivity contribution in [3.8, 4) is 0 Å². The summed E-state index contributed by atoms with van der Waals surface area (Å²) in [6.45, 7) is 5.34. The molecular formula is C17H18N2O4. The molecule has 2 aromatic rings. The summed E-state index contributed by atoms with van der Waals surface area (Å²) in [6.07, 6.45) is 2.59. The molecule has 23 heavy (non-hydrogen) atoms. The first-order valence-electron chi connectivity index (χ1n) is 7.04. The van der Waals surface area contributed by atoms with Gasteiger partial charge in [0.25, 0.3) is 0 Å². The van der Waals surface area contributed by atoms with Gasteiger partial charge in [-0.05, 0) is 57.2 Å². The number of benzene rings is 1. The molecule has 0 aliphatic carbocycles. The predicted molar refractivity (Wildman–Crippen MR) is 86.0 cm³/mol. The van der Waals surface area contributed by atoms with Gasteiger partial charge >= 0.3 is 12.1 Å². The molecule has 6 heteroatoms. The number of nitrogens with zero attached hydrogens (tertiary/aromatic N) is 2. The summed E-state index contributed by atoms with van der Waals surface area (Å²) in [4.78, 5) is 28.8. The Labute approximate surface area is 134 Å². The van der Waals surface area contributed by atoms with Crippen LogP contribution in [-0.4, -0.2) is 27.8 Å². The number of pyridine rings is 1. The van der Waals surface area contributed by atoms with E-state index < -0.39 is 17.7 Å². The monoisotopic (exact) mass is 314 g/mol. The number of hydrogen-bond acceptors (Lipinski definition) is 4. The fraction of sp³-hybridized carbons (Fsp3) is 0.235. The third-order valence-corrected chi connectivity index (χ3v) is 2.87. The van der Waals surface area contributed by atoms with Gasteiger partial charge in [-0.1, -0.05) is 0 Å². The predicted octanol–water partition coefficient (Wildman–Crippen LogP) is 3.85. The van der Waals surface area contributed by atoms with Crippen molar-refractivity contribution < 1.29 is 19.4 Å². The lowest BCUT2D eigenvalue weighted by Gasteiger charge is -2.27. The van der Waals surface area contributed by atoms with E-state index in [2.05, 4.69) is 4.98 Å². The van der Waals surface area contributed by atoms with E-state index in [0.29, 0.717) is 11.4 Å². The number of carbonyl (C=O) groups excluding carboxylic acids is 1. The van der Waals surface area contributed by atoms with Crippen LogP contribution in [0.5, 0.6) is 0 Å². The van der Waals surface area contributed by atoms with Gasteiger partial charge in [0, 0.05) is 12.4 Å². The van der Waals surface area contributed by atoms with Gasteiger partial charge in [0.2, 0.25) is 0 Å². The fourth-order valence-corrected chi connectivity index (χ4v) is 1.91. The number of rotatable bonds is 3. The highest BCUT2D eigenvalue weighted by Gasteiger charge is 2.25. The molecule has 0 aliphatic rings. The Morgan fingerprint density at radius 2 is 1.52 bits per heavy atom. The lowest BCUT2D eigenvalue weighted by molar-refractivity contribution is 0.0598. The molecule has 0 fully saturated rings. The van der Waals surface area contributed by atoms with E-state index in [-0.39, 0.29) is 5.56 Å². The zero-order chi connectivity index (χ0) is 17.0. The molecule has 0 radical (unpaired) electrons. The minimum Gasteiger partial charge on any atom is -0.478 e. The molecule has 6 nitrogen and oxygen atoms in total. The minimum atomic E-state index is -1.02. The molecule has 0 bridgehead atoms. The van der Waals surface area contributed by atoms with Crippen molar-refractivity contribution in [1.29, 1.82) is 0 Å². The normalized spacial score (nSPS) is 10.9. The Bertz CT molecular complexity index is 691. The molecule has 1 heterocycles. The molecule has 2 rings (SSSR count). The second kappa shape index (κ2) is 6.48. The first-order chi connectivity index (χ1) is 10.8. The lowest BCUT2D eigenvalue weighted by Crippen LogP contribution is -2.33. The number of ether oxygens (including phenoxy) is 1. The molecule has 1 N–H and O–H groups in total. The maximum absolute atomic E-state index is 12.5. The SMILES string of the molecule is CC(C)(C)OC(=O)N(c1ccncc1)c1ccc(C(=O)O)cc1. The summed E-state index contributed by atoms with van der Waals surface area (Å²) < 4.78 is 5.44. The van der Waals surface area contributed by atoms with Gasteiger partial charge in [0.15, 0.2) is 0 Å². The van der Waals surface area contributed by atoms with E-state index in [1.807, 2.05) is 0 Å². The van der Waals surface area contributed by atoms with E-state index >= 15 is 0 Å².